The maximum atomic E-state index is 12.8. The summed E-state index contributed by atoms with van der Waals surface area (Å²) in [5.74, 6) is -0.139. The van der Waals surface area contributed by atoms with Gasteiger partial charge in [-0.3, -0.25) is 4.79 Å². The summed E-state index contributed by atoms with van der Waals surface area (Å²) in [6, 6.07) is 6.23. The van der Waals surface area contributed by atoms with Crippen LogP contribution in [-0.4, -0.2) is 74.0 Å². The molecule has 0 spiro atoms. The molecule has 0 aromatic heterocycles. The number of nitrogens with zero attached hydrogens (tertiary/aromatic N) is 2. The van der Waals surface area contributed by atoms with Gasteiger partial charge in [0, 0.05) is 38.3 Å². The molecule has 1 unspecified atom stereocenters. The van der Waals surface area contributed by atoms with Gasteiger partial charge in [0.1, 0.15) is 0 Å². The molecule has 0 aliphatic carbocycles. The van der Waals surface area contributed by atoms with Crippen LogP contribution in [0.1, 0.15) is 29.6 Å². The fourth-order valence-electron chi connectivity index (χ4n) is 3.31. The van der Waals surface area contributed by atoms with E-state index in [0.29, 0.717) is 38.0 Å². The SMILES string of the molecule is O=C(c1cccc(S(=O)(=O)N2CCCC(O)C2)c1)N1CCCNCC1. The summed E-state index contributed by atoms with van der Waals surface area (Å²) in [6.07, 6.45) is 1.51. The lowest BCUT2D eigenvalue weighted by atomic mass is 10.1. The van der Waals surface area contributed by atoms with E-state index < -0.39 is 16.1 Å². The Balaban J connectivity index is 1.81. The van der Waals surface area contributed by atoms with E-state index in [-0.39, 0.29) is 17.3 Å². The fraction of sp³-hybridized carbons (Fsp3) is 0.588. The van der Waals surface area contributed by atoms with Crippen molar-refractivity contribution in [3.8, 4) is 0 Å². The quantitative estimate of drug-likeness (QED) is 0.800. The second-order valence-electron chi connectivity index (χ2n) is 6.58. The molecule has 3 rings (SSSR count). The number of sulfonamides is 1. The maximum Gasteiger partial charge on any atom is 0.253 e. The first kappa shape index (κ1) is 18.3. The molecule has 1 atom stereocenters. The predicted octanol–water partition coefficient (Wildman–Crippen LogP) is 0.268. The molecule has 2 aliphatic rings. The first-order valence-electron chi connectivity index (χ1n) is 8.77. The average Bonchev–Trinajstić information content (AvgIpc) is 2.90. The van der Waals surface area contributed by atoms with Crippen molar-refractivity contribution < 1.29 is 18.3 Å². The van der Waals surface area contributed by atoms with Crippen molar-refractivity contribution in [1.82, 2.24) is 14.5 Å². The van der Waals surface area contributed by atoms with Crippen LogP contribution in [0.15, 0.2) is 29.2 Å². The van der Waals surface area contributed by atoms with E-state index in [2.05, 4.69) is 5.32 Å². The summed E-state index contributed by atoms with van der Waals surface area (Å²) in [6.45, 7) is 3.42. The molecule has 2 aliphatic heterocycles. The van der Waals surface area contributed by atoms with Crippen LogP contribution in [0, 0.1) is 0 Å². The van der Waals surface area contributed by atoms with E-state index in [4.69, 9.17) is 0 Å². The standard InChI is InChI=1S/C17H25N3O4S/c21-15-5-2-10-20(13-15)25(23,24)16-6-1-4-14(12-16)17(22)19-9-3-7-18-8-11-19/h1,4,6,12,15,18,21H,2-3,5,7-11,13H2. The molecule has 1 aromatic rings. The molecule has 2 fully saturated rings. The first-order valence-corrected chi connectivity index (χ1v) is 10.2. The smallest absolute Gasteiger partial charge is 0.253 e. The van der Waals surface area contributed by atoms with Crippen molar-refractivity contribution in [3.63, 3.8) is 0 Å². The summed E-state index contributed by atoms with van der Waals surface area (Å²) in [4.78, 5) is 14.6. The highest BCUT2D eigenvalue weighted by atomic mass is 32.2. The van der Waals surface area contributed by atoms with Crippen molar-refractivity contribution in [2.75, 3.05) is 39.3 Å². The van der Waals surface area contributed by atoms with Gasteiger partial charge in [-0.05, 0) is 44.0 Å². The molecule has 8 heteroatoms. The number of hydrogen-bond donors (Lipinski definition) is 2. The monoisotopic (exact) mass is 367 g/mol. The third kappa shape index (κ3) is 4.20. The Morgan fingerprint density at radius 1 is 1.16 bits per heavy atom. The van der Waals surface area contributed by atoms with Crippen LogP contribution in [0.3, 0.4) is 0 Å². The minimum Gasteiger partial charge on any atom is -0.392 e. The van der Waals surface area contributed by atoms with Crippen molar-refractivity contribution in [2.45, 2.75) is 30.3 Å². The number of nitrogens with one attached hydrogen (secondary N) is 1. The minimum atomic E-state index is -3.70. The van der Waals surface area contributed by atoms with E-state index >= 15 is 0 Å². The lowest BCUT2D eigenvalue weighted by Gasteiger charge is -2.29. The van der Waals surface area contributed by atoms with Gasteiger partial charge in [0.15, 0.2) is 0 Å². The molecule has 1 aromatic carbocycles. The molecule has 7 nitrogen and oxygen atoms in total. The number of amides is 1. The van der Waals surface area contributed by atoms with E-state index in [1.807, 2.05) is 0 Å². The van der Waals surface area contributed by atoms with Crippen LogP contribution in [0.4, 0.5) is 0 Å². The minimum absolute atomic E-state index is 0.109. The van der Waals surface area contributed by atoms with Crippen LogP contribution in [0.5, 0.6) is 0 Å². The van der Waals surface area contributed by atoms with E-state index in [9.17, 15) is 18.3 Å². The van der Waals surface area contributed by atoms with Gasteiger partial charge in [0.25, 0.3) is 5.91 Å². The van der Waals surface area contributed by atoms with E-state index in [1.54, 1.807) is 17.0 Å². The molecule has 0 bridgehead atoms. The third-order valence-corrected chi connectivity index (χ3v) is 6.57. The number of aliphatic hydroxyl groups is 1. The zero-order valence-electron chi connectivity index (χ0n) is 14.2. The van der Waals surface area contributed by atoms with Gasteiger partial charge in [0.2, 0.25) is 10.0 Å². The molecule has 25 heavy (non-hydrogen) atoms. The molecule has 2 N–H and O–H groups in total. The number of hydrogen-bond acceptors (Lipinski definition) is 5. The maximum absolute atomic E-state index is 12.8. The normalized spacial score (nSPS) is 23.2. The summed E-state index contributed by atoms with van der Waals surface area (Å²) in [5.41, 5.74) is 0.389. The van der Waals surface area contributed by atoms with Crippen LogP contribution >= 0.6 is 0 Å². The second kappa shape index (κ2) is 7.82. The molecule has 0 radical (unpaired) electrons. The van der Waals surface area contributed by atoms with Gasteiger partial charge >= 0.3 is 0 Å². The molecule has 0 saturated carbocycles. The molecule has 2 heterocycles. The van der Waals surface area contributed by atoms with Crippen LogP contribution < -0.4 is 5.32 Å². The largest absolute Gasteiger partial charge is 0.392 e. The van der Waals surface area contributed by atoms with E-state index in [1.165, 1.54) is 16.4 Å². The van der Waals surface area contributed by atoms with Crippen molar-refractivity contribution in [3.05, 3.63) is 29.8 Å². The average molecular weight is 367 g/mol. The zero-order valence-corrected chi connectivity index (χ0v) is 15.0. The van der Waals surface area contributed by atoms with Gasteiger partial charge in [-0.2, -0.15) is 4.31 Å². The number of rotatable bonds is 3. The Kier molecular flexibility index (Phi) is 5.73. The van der Waals surface area contributed by atoms with Gasteiger partial charge in [-0.15, -0.1) is 0 Å². The zero-order chi connectivity index (χ0) is 17.9. The summed E-state index contributed by atoms with van der Waals surface area (Å²) in [5, 5.41) is 13.0. The van der Waals surface area contributed by atoms with Gasteiger partial charge in [0.05, 0.1) is 11.0 Å². The van der Waals surface area contributed by atoms with Gasteiger partial charge in [-0.1, -0.05) is 6.07 Å². The number of carbonyl (C=O) groups excluding carboxylic acids is 1. The van der Waals surface area contributed by atoms with Crippen LogP contribution in [-0.2, 0) is 10.0 Å². The van der Waals surface area contributed by atoms with Crippen molar-refractivity contribution in [1.29, 1.82) is 0 Å². The highest BCUT2D eigenvalue weighted by Crippen LogP contribution is 2.22. The van der Waals surface area contributed by atoms with Crippen molar-refractivity contribution >= 4 is 15.9 Å². The topological polar surface area (TPSA) is 90.0 Å². The number of benzene rings is 1. The lowest BCUT2D eigenvalue weighted by Crippen LogP contribution is -2.42. The highest BCUT2D eigenvalue weighted by molar-refractivity contribution is 7.89. The van der Waals surface area contributed by atoms with Crippen LogP contribution in [0.25, 0.3) is 0 Å². The van der Waals surface area contributed by atoms with Crippen LogP contribution in [0.2, 0.25) is 0 Å². The molecule has 1 amide bonds. The highest BCUT2D eigenvalue weighted by Gasteiger charge is 2.30. The summed E-state index contributed by atoms with van der Waals surface area (Å²) < 4.78 is 26.9. The molecule has 2 saturated heterocycles. The van der Waals surface area contributed by atoms with E-state index in [0.717, 1.165) is 19.5 Å². The van der Waals surface area contributed by atoms with Crippen molar-refractivity contribution in [2.24, 2.45) is 0 Å². The number of aliphatic hydroxyl groups excluding tert-OH is 1. The Hall–Kier alpha value is -1.48. The molecular formula is C17H25N3O4S. The number of β-amino-alcohol motifs (C(OH)–C–C–N with tert-alkyl or cyclic N) is 1. The Morgan fingerprint density at radius 2 is 2.00 bits per heavy atom. The number of carbonyl (C=O) groups is 1. The fourth-order valence-corrected chi connectivity index (χ4v) is 4.87. The Labute approximate surface area is 148 Å². The predicted molar refractivity (Wildman–Crippen MR) is 93.8 cm³/mol. The Morgan fingerprint density at radius 3 is 2.80 bits per heavy atom. The first-order chi connectivity index (χ1) is 12.0. The molecular weight excluding hydrogens is 342 g/mol. The molecule has 138 valence electrons. The Bertz CT molecular complexity index is 714. The second-order valence-corrected chi connectivity index (χ2v) is 8.52. The number of piperidine rings is 1. The van der Waals surface area contributed by atoms with Gasteiger partial charge in [-0.25, -0.2) is 8.42 Å². The summed E-state index contributed by atoms with van der Waals surface area (Å²) >= 11 is 0. The van der Waals surface area contributed by atoms with Gasteiger partial charge < -0.3 is 15.3 Å². The third-order valence-electron chi connectivity index (χ3n) is 4.71. The summed E-state index contributed by atoms with van der Waals surface area (Å²) in [7, 11) is -3.70. The lowest BCUT2D eigenvalue weighted by molar-refractivity contribution is 0.0766.